The molecule has 0 radical (unpaired) electrons. The van der Waals surface area contributed by atoms with Crippen molar-refractivity contribution in [2.24, 2.45) is 5.92 Å². The fraction of sp³-hybridized carbons (Fsp3) is 0.583. The van der Waals surface area contributed by atoms with E-state index >= 15 is 0 Å². The lowest BCUT2D eigenvalue weighted by molar-refractivity contribution is 0.363. The van der Waals surface area contributed by atoms with Gasteiger partial charge in [-0.05, 0) is 47.7 Å². The summed E-state index contributed by atoms with van der Waals surface area (Å²) < 4.78 is 1.06. The lowest BCUT2D eigenvalue weighted by Gasteiger charge is -2.39. The molecule has 1 aromatic rings. The van der Waals surface area contributed by atoms with Gasteiger partial charge in [0.1, 0.15) is 0 Å². The summed E-state index contributed by atoms with van der Waals surface area (Å²) >= 11 is 3.47. The Morgan fingerprint density at radius 1 is 1.40 bits per heavy atom. The third kappa shape index (κ3) is 2.33. The highest BCUT2D eigenvalue weighted by atomic mass is 79.9. The Hall–Kier alpha value is -0.570. The molecular formula is C12H17BrN2. The zero-order chi connectivity index (χ0) is 10.8. The Kier molecular flexibility index (Phi) is 3.29. The van der Waals surface area contributed by atoms with Gasteiger partial charge in [0.05, 0.1) is 11.9 Å². The van der Waals surface area contributed by atoms with Gasteiger partial charge in [-0.2, -0.15) is 0 Å². The maximum atomic E-state index is 4.23. The normalized spacial score (nSPS) is 26.7. The number of nitrogens with zero attached hydrogens (tertiary/aromatic N) is 2. The number of aromatic nitrogens is 1. The van der Waals surface area contributed by atoms with Crippen molar-refractivity contribution in [2.45, 2.75) is 32.7 Å². The van der Waals surface area contributed by atoms with E-state index in [4.69, 9.17) is 0 Å². The minimum absolute atomic E-state index is 0.620. The molecule has 2 nitrogen and oxygen atoms in total. The predicted octanol–water partition coefficient (Wildman–Crippen LogP) is 3.47. The number of piperidine rings is 1. The molecule has 2 heterocycles. The van der Waals surface area contributed by atoms with Gasteiger partial charge < -0.3 is 4.90 Å². The largest absolute Gasteiger partial charge is 0.367 e. The smallest absolute Gasteiger partial charge is 0.0566 e. The van der Waals surface area contributed by atoms with Crippen molar-refractivity contribution in [3.63, 3.8) is 0 Å². The number of pyridine rings is 1. The molecule has 2 unspecified atom stereocenters. The van der Waals surface area contributed by atoms with Crippen LogP contribution in [0.4, 0.5) is 5.69 Å². The molecule has 2 rings (SSSR count). The van der Waals surface area contributed by atoms with Gasteiger partial charge in [-0.15, -0.1) is 0 Å². The molecule has 0 amide bonds. The van der Waals surface area contributed by atoms with Crippen LogP contribution >= 0.6 is 15.9 Å². The van der Waals surface area contributed by atoms with Gasteiger partial charge in [-0.3, -0.25) is 4.98 Å². The van der Waals surface area contributed by atoms with E-state index in [0.29, 0.717) is 6.04 Å². The van der Waals surface area contributed by atoms with E-state index in [1.165, 1.54) is 18.5 Å². The maximum absolute atomic E-state index is 4.23. The fourth-order valence-corrected chi connectivity index (χ4v) is 2.61. The van der Waals surface area contributed by atoms with Crippen LogP contribution in [0.3, 0.4) is 0 Å². The molecule has 1 aliphatic heterocycles. The lowest BCUT2D eigenvalue weighted by atomic mass is 9.92. The topological polar surface area (TPSA) is 16.1 Å². The molecule has 0 bridgehead atoms. The SMILES string of the molecule is CC1CCCN(c2cncc(Br)c2)C1C. The predicted molar refractivity (Wildman–Crippen MR) is 67.1 cm³/mol. The van der Waals surface area contributed by atoms with Crippen molar-refractivity contribution < 1.29 is 0 Å². The minimum Gasteiger partial charge on any atom is -0.367 e. The summed E-state index contributed by atoms with van der Waals surface area (Å²) in [5.41, 5.74) is 1.24. The molecule has 2 atom stereocenters. The van der Waals surface area contributed by atoms with Gasteiger partial charge in [0.2, 0.25) is 0 Å². The molecule has 1 fully saturated rings. The van der Waals surface area contributed by atoms with Crippen LogP contribution in [-0.4, -0.2) is 17.6 Å². The molecule has 0 saturated carbocycles. The van der Waals surface area contributed by atoms with Crippen LogP contribution in [0.5, 0.6) is 0 Å². The Bertz CT molecular complexity index is 340. The molecule has 0 aliphatic carbocycles. The molecule has 82 valence electrons. The highest BCUT2D eigenvalue weighted by molar-refractivity contribution is 9.10. The number of hydrogen-bond donors (Lipinski definition) is 0. The Morgan fingerprint density at radius 3 is 2.93 bits per heavy atom. The van der Waals surface area contributed by atoms with Crippen LogP contribution in [0, 0.1) is 5.92 Å². The molecular weight excluding hydrogens is 252 g/mol. The lowest BCUT2D eigenvalue weighted by Crippen LogP contribution is -2.42. The van der Waals surface area contributed by atoms with Gasteiger partial charge in [0.15, 0.2) is 0 Å². The van der Waals surface area contributed by atoms with Crippen LogP contribution in [-0.2, 0) is 0 Å². The first-order chi connectivity index (χ1) is 7.18. The molecule has 3 heteroatoms. The van der Waals surface area contributed by atoms with E-state index in [1.807, 2.05) is 12.4 Å². The van der Waals surface area contributed by atoms with Crippen molar-refractivity contribution in [3.8, 4) is 0 Å². The third-order valence-corrected chi connectivity index (χ3v) is 3.83. The van der Waals surface area contributed by atoms with Crippen LogP contribution in [0.1, 0.15) is 26.7 Å². The molecule has 0 spiro atoms. The van der Waals surface area contributed by atoms with Gasteiger partial charge in [-0.25, -0.2) is 0 Å². The van der Waals surface area contributed by atoms with Crippen molar-refractivity contribution in [2.75, 3.05) is 11.4 Å². The molecule has 0 aromatic carbocycles. The van der Waals surface area contributed by atoms with Gasteiger partial charge >= 0.3 is 0 Å². The number of rotatable bonds is 1. The first-order valence-corrected chi connectivity index (χ1v) is 6.35. The first-order valence-electron chi connectivity index (χ1n) is 5.55. The maximum Gasteiger partial charge on any atom is 0.0566 e. The monoisotopic (exact) mass is 268 g/mol. The standard InChI is InChI=1S/C12H17BrN2/c1-9-4-3-5-15(10(9)2)12-6-11(13)7-14-8-12/h6-10H,3-5H2,1-2H3. The van der Waals surface area contributed by atoms with E-state index in [2.05, 4.69) is 45.7 Å². The summed E-state index contributed by atoms with van der Waals surface area (Å²) in [5.74, 6) is 0.776. The van der Waals surface area contributed by atoms with Gasteiger partial charge in [-0.1, -0.05) is 6.92 Å². The molecule has 1 saturated heterocycles. The van der Waals surface area contributed by atoms with Gasteiger partial charge in [0, 0.05) is 23.3 Å². The summed E-state index contributed by atoms with van der Waals surface area (Å²) in [5, 5.41) is 0. The second-order valence-electron chi connectivity index (χ2n) is 4.41. The summed E-state index contributed by atoms with van der Waals surface area (Å²) in [6, 6.07) is 2.77. The van der Waals surface area contributed by atoms with E-state index < -0.39 is 0 Å². The van der Waals surface area contributed by atoms with Crippen molar-refractivity contribution >= 4 is 21.6 Å². The number of hydrogen-bond acceptors (Lipinski definition) is 2. The van der Waals surface area contributed by atoms with Crippen molar-refractivity contribution in [1.82, 2.24) is 4.98 Å². The average molecular weight is 269 g/mol. The summed E-state index contributed by atoms with van der Waals surface area (Å²) in [6.07, 6.45) is 6.43. The number of anilines is 1. The Labute approximate surface area is 99.8 Å². The summed E-state index contributed by atoms with van der Waals surface area (Å²) in [7, 11) is 0. The highest BCUT2D eigenvalue weighted by Crippen LogP contribution is 2.29. The van der Waals surface area contributed by atoms with E-state index in [1.54, 1.807) is 0 Å². The van der Waals surface area contributed by atoms with Crippen LogP contribution in [0.2, 0.25) is 0 Å². The quantitative estimate of drug-likeness (QED) is 0.776. The van der Waals surface area contributed by atoms with Gasteiger partial charge in [0.25, 0.3) is 0 Å². The zero-order valence-electron chi connectivity index (χ0n) is 9.28. The average Bonchev–Trinajstić information content (AvgIpc) is 2.22. The second kappa shape index (κ2) is 4.52. The first kappa shape index (κ1) is 10.9. The van der Waals surface area contributed by atoms with Crippen LogP contribution < -0.4 is 4.90 Å². The minimum atomic E-state index is 0.620. The van der Waals surface area contributed by atoms with Crippen molar-refractivity contribution in [1.29, 1.82) is 0 Å². The second-order valence-corrected chi connectivity index (χ2v) is 5.33. The van der Waals surface area contributed by atoms with Crippen LogP contribution in [0.25, 0.3) is 0 Å². The van der Waals surface area contributed by atoms with E-state index in [9.17, 15) is 0 Å². The molecule has 0 N–H and O–H groups in total. The molecule has 1 aliphatic rings. The van der Waals surface area contributed by atoms with Crippen molar-refractivity contribution in [3.05, 3.63) is 22.9 Å². The summed E-state index contributed by atoms with van der Waals surface area (Å²) in [6.45, 7) is 5.80. The molecule has 15 heavy (non-hydrogen) atoms. The third-order valence-electron chi connectivity index (χ3n) is 3.40. The van der Waals surface area contributed by atoms with Crippen LogP contribution in [0.15, 0.2) is 22.9 Å². The summed E-state index contributed by atoms with van der Waals surface area (Å²) in [4.78, 5) is 6.69. The zero-order valence-corrected chi connectivity index (χ0v) is 10.9. The Morgan fingerprint density at radius 2 is 2.20 bits per heavy atom. The highest BCUT2D eigenvalue weighted by Gasteiger charge is 2.24. The Balaban J connectivity index is 2.22. The molecule has 1 aromatic heterocycles. The van der Waals surface area contributed by atoms with E-state index in [0.717, 1.165) is 16.9 Å². The number of halogens is 1. The fourth-order valence-electron chi connectivity index (χ4n) is 2.26. The van der Waals surface area contributed by atoms with E-state index in [-0.39, 0.29) is 0 Å².